The fourth-order valence-electron chi connectivity index (χ4n) is 1.74. The second-order valence-electron chi connectivity index (χ2n) is 3.85. The molecule has 0 spiro atoms. The molecule has 0 N–H and O–H groups in total. The normalized spacial score (nSPS) is 10.1. The van der Waals surface area contributed by atoms with E-state index in [-0.39, 0.29) is 16.8 Å². The highest BCUT2D eigenvalue weighted by Gasteiger charge is 2.19. The summed E-state index contributed by atoms with van der Waals surface area (Å²) in [6.45, 7) is 0. The Morgan fingerprint density at radius 2 is 2.10 bits per heavy atom. The molecule has 102 valence electrons. The number of pyridine rings is 1. The second-order valence-corrected chi connectivity index (χ2v) is 3.85. The van der Waals surface area contributed by atoms with E-state index in [0.29, 0.717) is 5.56 Å². The lowest BCUT2D eigenvalue weighted by molar-refractivity contribution is -0.384. The number of rotatable bonds is 3. The lowest BCUT2D eigenvalue weighted by atomic mass is 10.0. The molecule has 0 saturated carbocycles. The number of ether oxygens (including phenoxy) is 1. The summed E-state index contributed by atoms with van der Waals surface area (Å²) in [7, 11) is 1.18. The van der Waals surface area contributed by atoms with Crippen LogP contribution in [0, 0.1) is 16.1 Å². The van der Waals surface area contributed by atoms with Gasteiger partial charge in [-0.15, -0.1) is 0 Å². The van der Waals surface area contributed by atoms with E-state index in [2.05, 4.69) is 9.72 Å². The van der Waals surface area contributed by atoms with Gasteiger partial charge in [-0.2, -0.15) is 4.39 Å². The quantitative estimate of drug-likeness (QED) is 0.372. The van der Waals surface area contributed by atoms with E-state index in [4.69, 9.17) is 0 Å². The van der Waals surface area contributed by atoms with Crippen LogP contribution in [0.2, 0.25) is 0 Å². The van der Waals surface area contributed by atoms with Crippen LogP contribution in [-0.4, -0.2) is 23.0 Å². The average Bonchev–Trinajstić information content (AvgIpc) is 2.45. The Labute approximate surface area is 113 Å². The number of carbonyl (C=O) groups excluding carboxylic acids is 1. The van der Waals surface area contributed by atoms with Crippen molar-refractivity contribution in [1.82, 2.24) is 4.98 Å². The van der Waals surface area contributed by atoms with E-state index in [0.717, 1.165) is 12.1 Å². The number of benzene rings is 1. The van der Waals surface area contributed by atoms with Crippen LogP contribution < -0.4 is 0 Å². The Hall–Kier alpha value is -2.83. The molecule has 7 heteroatoms. The third-order valence-corrected chi connectivity index (χ3v) is 2.65. The Bertz CT molecular complexity index is 688. The van der Waals surface area contributed by atoms with Gasteiger partial charge in [0.15, 0.2) is 0 Å². The summed E-state index contributed by atoms with van der Waals surface area (Å²) in [6, 6.07) is 6.38. The Kier molecular flexibility index (Phi) is 3.69. The monoisotopic (exact) mass is 276 g/mol. The number of hydrogen-bond acceptors (Lipinski definition) is 5. The first-order valence-corrected chi connectivity index (χ1v) is 5.51. The van der Waals surface area contributed by atoms with Crippen LogP contribution in [0.1, 0.15) is 10.4 Å². The first-order valence-electron chi connectivity index (χ1n) is 5.51. The highest BCUT2D eigenvalue weighted by Crippen LogP contribution is 2.30. The molecule has 1 heterocycles. The maximum atomic E-state index is 13.1. The van der Waals surface area contributed by atoms with Crippen molar-refractivity contribution in [2.24, 2.45) is 0 Å². The van der Waals surface area contributed by atoms with Crippen molar-refractivity contribution in [3.8, 4) is 11.1 Å². The van der Waals surface area contributed by atoms with Crippen molar-refractivity contribution >= 4 is 11.7 Å². The summed E-state index contributed by atoms with van der Waals surface area (Å²) in [5.41, 5.74) is 0.251. The van der Waals surface area contributed by atoms with Gasteiger partial charge in [0.25, 0.3) is 5.69 Å². The summed E-state index contributed by atoms with van der Waals surface area (Å²) in [6.07, 6.45) is 1.21. The Morgan fingerprint density at radius 3 is 2.70 bits per heavy atom. The Morgan fingerprint density at radius 1 is 1.35 bits per heavy atom. The zero-order valence-electron chi connectivity index (χ0n) is 10.4. The molecule has 0 unspecified atom stereocenters. The van der Waals surface area contributed by atoms with Gasteiger partial charge in [-0.25, -0.2) is 9.78 Å². The number of carbonyl (C=O) groups is 1. The third-order valence-electron chi connectivity index (χ3n) is 2.65. The minimum absolute atomic E-state index is 0.0532. The molecule has 20 heavy (non-hydrogen) atoms. The van der Waals surface area contributed by atoms with Crippen molar-refractivity contribution in [3.63, 3.8) is 0 Å². The van der Waals surface area contributed by atoms with Gasteiger partial charge in [0, 0.05) is 18.3 Å². The standard InChI is InChI=1S/C13H9FN2O4/c1-20-13(17)9-2-3-10(11(6-9)16(18)19)8-4-5-15-12(14)7-8/h2-7H,1H3. The van der Waals surface area contributed by atoms with Crippen LogP contribution in [0.3, 0.4) is 0 Å². The SMILES string of the molecule is COC(=O)c1ccc(-c2ccnc(F)c2)c([N+](=O)[O-])c1. The molecule has 2 aromatic rings. The third kappa shape index (κ3) is 2.61. The van der Waals surface area contributed by atoms with Crippen molar-refractivity contribution in [2.45, 2.75) is 0 Å². The van der Waals surface area contributed by atoms with Crippen LogP contribution >= 0.6 is 0 Å². The fourth-order valence-corrected chi connectivity index (χ4v) is 1.74. The summed E-state index contributed by atoms with van der Waals surface area (Å²) in [5, 5.41) is 11.1. The van der Waals surface area contributed by atoms with Crippen molar-refractivity contribution in [3.05, 3.63) is 58.2 Å². The van der Waals surface area contributed by atoms with E-state index in [1.54, 1.807) is 0 Å². The van der Waals surface area contributed by atoms with Gasteiger partial charge >= 0.3 is 5.97 Å². The van der Waals surface area contributed by atoms with E-state index < -0.39 is 16.8 Å². The van der Waals surface area contributed by atoms with Crippen LogP contribution in [0.15, 0.2) is 36.5 Å². The van der Waals surface area contributed by atoms with Gasteiger partial charge in [-0.3, -0.25) is 10.1 Å². The number of methoxy groups -OCH3 is 1. The second kappa shape index (κ2) is 5.43. The van der Waals surface area contributed by atoms with Crippen molar-refractivity contribution in [2.75, 3.05) is 7.11 Å². The molecule has 0 aliphatic rings. The maximum absolute atomic E-state index is 13.1. The molecule has 0 amide bonds. The number of hydrogen-bond donors (Lipinski definition) is 0. The molecule has 1 aromatic carbocycles. The van der Waals surface area contributed by atoms with Crippen LogP contribution in [0.25, 0.3) is 11.1 Å². The van der Waals surface area contributed by atoms with E-state index in [9.17, 15) is 19.3 Å². The van der Waals surface area contributed by atoms with Gasteiger partial charge in [0.1, 0.15) is 0 Å². The molecule has 0 radical (unpaired) electrons. The number of esters is 1. The van der Waals surface area contributed by atoms with Crippen LogP contribution in [-0.2, 0) is 4.74 Å². The molecular weight excluding hydrogens is 267 g/mol. The van der Waals surface area contributed by atoms with Crippen molar-refractivity contribution < 1.29 is 18.8 Å². The number of nitrogens with zero attached hydrogens (tertiary/aromatic N) is 2. The predicted octanol–water partition coefficient (Wildman–Crippen LogP) is 2.58. The highest BCUT2D eigenvalue weighted by atomic mass is 19.1. The van der Waals surface area contributed by atoms with Crippen LogP contribution in [0.5, 0.6) is 0 Å². The van der Waals surface area contributed by atoms with Gasteiger partial charge < -0.3 is 4.74 Å². The lowest BCUT2D eigenvalue weighted by Crippen LogP contribution is -2.03. The van der Waals surface area contributed by atoms with E-state index in [1.165, 1.54) is 31.5 Å². The topological polar surface area (TPSA) is 82.3 Å². The largest absolute Gasteiger partial charge is 0.465 e. The van der Waals surface area contributed by atoms with Crippen LogP contribution in [0.4, 0.5) is 10.1 Å². The van der Waals surface area contributed by atoms with Gasteiger partial charge in [-0.1, -0.05) is 0 Å². The first-order chi connectivity index (χ1) is 9.52. The average molecular weight is 276 g/mol. The van der Waals surface area contributed by atoms with Gasteiger partial charge in [0.2, 0.25) is 5.95 Å². The first kappa shape index (κ1) is 13.6. The summed E-state index contributed by atoms with van der Waals surface area (Å²) < 4.78 is 17.6. The van der Waals surface area contributed by atoms with Gasteiger partial charge in [0.05, 0.1) is 23.2 Å². The van der Waals surface area contributed by atoms with E-state index in [1.807, 2.05) is 0 Å². The van der Waals surface area contributed by atoms with Gasteiger partial charge in [-0.05, 0) is 23.8 Å². The number of nitro groups is 1. The molecular formula is C13H9FN2O4. The summed E-state index contributed by atoms with van der Waals surface area (Å²) in [5.74, 6) is -1.42. The molecule has 0 fully saturated rings. The summed E-state index contributed by atoms with van der Waals surface area (Å²) >= 11 is 0. The molecule has 0 atom stereocenters. The predicted molar refractivity (Wildman–Crippen MR) is 67.6 cm³/mol. The lowest BCUT2D eigenvalue weighted by Gasteiger charge is -2.05. The molecule has 6 nitrogen and oxygen atoms in total. The number of aromatic nitrogens is 1. The molecule has 2 rings (SSSR count). The Balaban J connectivity index is 2.59. The molecule has 0 aliphatic heterocycles. The zero-order chi connectivity index (χ0) is 14.7. The number of halogens is 1. The van der Waals surface area contributed by atoms with E-state index >= 15 is 0 Å². The zero-order valence-corrected chi connectivity index (χ0v) is 10.4. The fraction of sp³-hybridized carbons (Fsp3) is 0.0769. The minimum atomic E-state index is -0.742. The summed E-state index contributed by atoms with van der Waals surface area (Å²) in [4.78, 5) is 25.2. The smallest absolute Gasteiger partial charge is 0.338 e. The minimum Gasteiger partial charge on any atom is -0.465 e. The van der Waals surface area contributed by atoms with Crippen molar-refractivity contribution in [1.29, 1.82) is 0 Å². The maximum Gasteiger partial charge on any atom is 0.338 e. The molecule has 1 aromatic heterocycles. The number of nitro benzene ring substituents is 1. The highest BCUT2D eigenvalue weighted by molar-refractivity contribution is 5.91. The molecule has 0 saturated heterocycles. The molecule has 0 bridgehead atoms. The molecule has 0 aliphatic carbocycles.